The maximum atomic E-state index is 11.7. The van der Waals surface area contributed by atoms with E-state index in [2.05, 4.69) is 5.43 Å². The molecule has 2 rings (SSSR count). The molecule has 1 aromatic rings. The third-order valence-electron chi connectivity index (χ3n) is 3.23. The van der Waals surface area contributed by atoms with E-state index in [4.69, 9.17) is 9.47 Å². The number of rotatable bonds is 3. The average Bonchev–Trinajstić information content (AvgIpc) is 2.41. The molecule has 22 heavy (non-hydrogen) atoms. The van der Waals surface area contributed by atoms with Gasteiger partial charge in [0.15, 0.2) is 0 Å². The summed E-state index contributed by atoms with van der Waals surface area (Å²) in [6, 6.07) is 6.71. The fourth-order valence-corrected chi connectivity index (χ4v) is 2.23. The molecule has 0 aliphatic carbocycles. The van der Waals surface area contributed by atoms with E-state index in [-0.39, 0.29) is 11.9 Å². The Balaban J connectivity index is 1.73. The van der Waals surface area contributed by atoms with Crippen LogP contribution in [0, 0.1) is 0 Å². The zero-order chi connectivity index (χ0) is 16.2. The number of aromatic hydroxyl groups is 1. The highest BCUT2D eigenvalue weighted by Gasteiger charge is 2.23. The number of hydrogen-bond acceptors (Lipinski definition) is 5. The Labute approximate surface area is 131 Å². The lowest BCUT2D eigenvalue weighted by Crippen LogP contribution is -2.49. The Hall–Kier alpha value is -1.95. The average molecular weight is 308 g/mol. The monoisotopic (exact) mass is 308 g/mol. The van der Waals surface area contributed by atoms with Gasteiger partial charge in [0.2, 0.25) is 0 Å². The first-order valence-corrected chi connectivity index (χ1v) is 7.52. The van der Waals surface area contributed by atoms with Crippen molar-refractivity contribution in [1.82, 2.24) is 10.4 Å². The fourth-order valence-electron chi connectivity index (χ4n) is 2.23. The van der Waals surface area contributed by atoms with Crippen molar-refractivity contribution in [1.29, 1.82) is 0 Å². The second kappa shape index (κ2) is 6.87. The molecule has 0 unspecified atom stereocenters. The summed E-state index contributed by atoms with van der Waals surface area (Å²) < 4.78 is 11.1. The summed E-state index contributed by atoms with van der Waals surface area (Å²) >= 11 is 0. The van der Waals surface area contributed by atoms with Gasteiger partial charge in [0.25, 0.3) is 0 Å². The molecule has 1 saturated heterocycles. The Kier molecular flexibility index (Phi) is 5.13. The number of ether oxygens (including phenoxy) is 2. The van der Waals surface area contributed by atoms with Crippen LogP contribution in [0.4, 0.5) is 4.79 Å². The summed E-state index contributed by atoms with van der Waals surface area (Å²) in [7, 11) is 0. The van der Waals surface area contributed by atoms with Crippen LogP contribution in [-0.4, -0.2) is 41.0 Å². The molecule has 0 bridgehead atoms. The van der Waals surface area contributed by atoms with E-state index in [9.17, 15) is 9.90 Å². The summed E-state index contributed by atoms with van der Waals surface area (Å²) in [4.78, 5) is 11.7. The molecular weight excluding hydrogens is 284 g/mol. The lowest BCUT2D eigenvalue weighted by Gasteiger charge is -2.32. The van der Waals surface area contributed by atoms with Gasteiger partial charge in [-0.3, -0.25) is 5.43 Å². The molecular formula is C16H24N2O4. The summed E-state index contributed by atoms with van der Waals surface area (Å²) in [5, 5.41) is 11.1. The van der Waals surface area contributed by atoms with E-state index >= 15 is 0 Å². The number of hydrogen-bond donors (Lipinski definition) is 2. The molecule has 1 aromatic carbocycles. The van der Waals surface area contributed by atoms with E-state index in [1.807, 2.05) is 25.8 Å². The van der Waals surface area contributed by atoms with E-state index < -0.39 is 11.7 Å². The van der Waals surface area contributed by atoms with E-state index in [1.165, 1.54) is 0 Å². The second-order valence-corrected chi connectivity index (χ2v) is 6.41. The Morgan fingerprint density at radius 1 is 1.23 bits per heavy atom. The van der Waals surface area contributed by atoms with Crippen LogP contribution >= 0.6 is 0 Å². The normalized spacial score (nSPS) is 17.0. The smallest absolute Gasteiger partial charge is 0.422 e. The van der Waals surface area contributed by atoms with Crippen molar-refractivity contribution < 1.29 is 19.4 Å². The topological polar surface area (TPSA) is 71.0 Å². The molecule has 6 heteroatoms. The minimum absolute atomic E-state index is 0.112. The second-order valence-electron chi connectivity index (χ2n) is 6.41. The van der Waals surface area contributed by atoms with Gasteiger partial charge >= 0.3 is 6.09 Å². The van der Waals surface area contributed by atoms with Crippen molar-refractivity contribution in [2.45, 2.75) is 45.3 Å². The summed E-state index contributed by atoms with van der Waals surface area (Å²) in [5.74, 6) is 0.972. The van der Waals surface area contributed by atoms with Crippen LogP contribution in [0.1, 0.15) is 33.6 Å². The summed E-state index contributed by atoms with van der Waals surface area (Å²) in [5.41, 5.74) is 2.26. The quantitative estimate of drug-likeness (QED) is 0.898. The van der Waals surface area contributed by atoms with Gasteiger partial charge in [0, 0.05) is 13.1 Å². The van der Waals surface area contributed by atoms with Crippen molar-refractivity contribution in [2.75, 3.05) is 13.1 Å². The number of hydrazine groups is 1. The minimum Gasteiger partial charge on any atom is -0.508 e. The zero-order valence-electron chi connectivity index (χ0n) is 13.3. The fraction of sp³-hybridized carbons (Fsp3) is 0.562. The number of benzene rings is 1. The molecule has 1 aliphatic heterocycles. The van der Waals surface area contributed by atoms with E-state index in [1.54, 1.807) is 24.3 Å². The van der Waals surface area contributed by atoms with Gasteiger partial charge in [-0.2, -0.15) is 0 Å². The Bertz CT molecular complexity index is 488. The molecule has 1 aliphatic rings. The first kappa shape index (κ1) is 16.4. The highest BCUT2D eigenvalue weighted by molar-refractivity contribution is 5.67. The van der Waals surface area contributed by atoms with Crippen molar-refractivity contribution in [3.63, 3.8) is 0 Å². The maximum Gasteiger partial charge on any atom is 0.422 e. The summed E-state index contributed by atoms with van der Waals surface area (Å²) in [6.45, 7) is 6.93. The van der Waals surface area contributed by atoms with E-state index in [0.29, 0.717) is 13.1 Å². The van der Waals surface area contributed by atoms with Crippen LogP contribution in [0.2, 0.25) is 0 Å². The zero-order valence-corrected chi connectivity index (χ0v) is 13.3. The third-order valence-corrected chi connectivity index (χ3v) is 3.23. The van der Waals surface area contributed by atoms with Gasteiger partial charge in [-0.25, -0.2) is 9.80 Å². The third kappa shape index (κ3) is 5.44. The predicted molar refractivity (Wildman–Crippen MR) is 82.7 cm³/mol. The number of phenolic OH excluding ortho intramolecular Hbond substituents is 1. The molecule has 2 N–H and O–H groups in total. The van der Waals surface area contributed by atoms with Crippen LogP contribution in [0.15, 0.2) is 24.3 Å². The number of carbonyl (C=O) groups excluding carboxylic acids is 1. The number of amides is 1. The van der Waals surface area contributed by atoms with Gasteiger partial charge < -0.3 is 14.6 Å². The van der Waals surface area contributed by atoms with Gasteiger partial charge in [-0.1, -0.05) is 0 Å². The SMILES string of the molecule is CC(C)(C)OC(=O)NN1CCC(Oc2ccc(O)cc2)CC1. The lowest BCUT2D eigenvalue weighted by molar-refractivity contribution is 0.0192. The van der Waals surface area contributed by atoms with Gasteiger partial charge in [-0.15, -0.1) is 0 Å². The molecule has 1 amide bonds. The van der Waals surface area contributed by atoms with Gasteiger partial charge in [-0.05, 0) is 57.9 Å². The maximum absolute atomic E-state index is 11.7. The van der Waals surface area contributed by atoms with Crippen molar-refractivity contribution in [3.8, 4) is 11.5 Å². The van der Waals surface area contributed by atoms with Crippen LogP contribution in [0.5, 0.6) is 11.5 Å². The molecule has 0 aromatic heterocycles. The van der Waals surface area contributed by atoms with E-state index in [0.717, 1.165) is 18.6 Å². The van der Waals surface area contributed by atoms with Gasteiger partial charge in [0.1, 0.15) is 23.2 Å². The molecule has 0 spiro atoms. The number of carbonyl (C=O) groups is 1. The van der Waals surface area contributed by atoms with Crippen molar-refractivity contribution >= 4 is 6.09 Å². The Morgan fingerprint density at radius 3 is 2.36 bits per heavy atom. The highest BCUT2D eigenvalue weighted by atomic mass is 16.6. The molecule has 122 valence electrons. The number of piperidine rings is 1. The van der Waals surface area contributed by atoms with Gasteiger partial charge in [0.05, 0.1) is 0 Å². The molecule has 0 atom stereocenters. The highest BCUT2D eigenvalue weighted by Crippen LogP contribution is 2.21. The largest absolute Gasteiger partial charge is 0.508 e. The molecule has 1 fully saturated rings. The first-order chi connectivity index (χ1) is 10.3. The molecule has 0 radical (unpaired) electrons. The van der Waals surface area contributed by atoms with Crippen LogP contribution in [0.25, 0.3) is 0 Å². The standard InChI is InChI=1S/C16H24N2O4/c1-16(2,3)22-15(20)17-18-10-8-14(9-11-18)21-13-6-4-12(19)5-7-13/h4-7,14,19H,8-11H2,1-3H3,(H,17,20). The predicted octanol–water partition coefficient (Wildman–Crippen LogP) is 2.68. The Morgan fingerprint density at radius 2 is 1.82 bits per heavy atom. The minimum atomic E-state index is -0.496. The molecule has 6 nitrogen and oxygen atoms in total. The first-order valence-electron chi connectivity index (χ1n) is 7.52. The van der Waals surface area contributed by atoms with Crippen LogP contribution in [0.3, 0.4) is 0 Å². The van der Waals surface area contributed by atoms with Crippen molar-refractivity contribution in [3.05, 3.63) is 24.3 Å². The number of phenols is 1. The number of nitrogens with zero attached hydrogens (tertiary/aromatic N) is 1. The van der Waals surface area contributed by atoms with Crippen molar-refractivity contribution in [2.24, 2.45) is 0 Å². The van der Waals surface area contributed by atoms with Crippen LogP contribution in [-0.2, 0) is 4.74 Å². The number of nitrogens with one attached hydrogen (secondary N) is 1. The summed E-state index contributed by atoms with van der Waals surface area (Å²) in [6.07, 6.45) is 1.32. The molecule has 0 saturated carbocycles. The lowest BCUT2D eigenvalue weighted by atomic mass is 10.1. The van der Waals surface area contributed by atoms with Crippen LogP contribution < -0.4 is 10.2 Å². The molecule has 1 heterocycles.